The molecule has 24 heavy (non-hydrogen) atoms. The first-order chi connectivity index (χ1) is 11.6. The number of hydrogen-bond donors (Lipinski definition) is 2. The standard InChI is InChI=1S/C17H27N5O2/c1-21(2)12-9-19-16(23)17(24)20-13-14-5-10-22(11-6-14)15-3-7-18-8-4-15/h3-4,7-8,14H,5-6,9-13H2,1-2H3,(H,19,23)(H,20,24). The molecule has 2 amide bonds. The third-order valence-corrected chi connectivity index (χ3v) is 4.24. The van der Waals surface area contributed by atoms with Gasteiger partial charge in [0.1, 0.15) is 0 Å². The molecule has 1 aliphatic heterocycles. The van der Waals surface area contributed by atoms with Crippen LogP contribution in [0, 0.1) is 5.92 Å². The molecule has 1 aromatic heterocycles. The van der Waals surface area contributed by atoms with Crippen molar-refractivity contribution in [3.63, 3.8) is 0 Å². The van der Waals surface area contributed by atoms with Crippen LogP contribution in [0.2, 0.25) is 0 Å². The Labute approximate surface area is 143 Å². The number of piperidine rings is 1. The van der Waals surface area contributed by atoms with E-state index in [0.29, 0.717) is 25.6 Å². The van der Waals surface area contributed by atoms with Gasteiger partial charge in [0, 0.05) is 50.8 Å². The third kappa shape index (κ3) is 5.81. The van der Waals surface area contributed by atoms with Gasteiger partial charge in [-0.2, -0.15) is 0 Å². The number of carbonyl (C=O) groups is 2. The maximum Gasteiger partial charge on any atom is 0.309 e. The van der Waals surface area contributed by atoms with Crippen LogP contribution < -0.4 is 15.5 Å². The maximum atomic E-state index is 11.8. The quantitative estimate of drug-likeness (QED) is 0.722. The van der Waals surface area contributed by atoms with Gasteiger partial charge >= 0.3 is 11.8 Å². The normalized spacial score (nSPS) is 15.4. The van der Waals surface area contributed by atoms with Crippen LogP contribution in [0.1, 0.15) is 12.8 Å². The Bertz CT molecular complexity index is 527. The fourth-order valence-corrected chi connectivity index (χ4v) is 2.74. The molecule has 0 unspecified atom stereocenters. The number of hydrogen-bond acceptors (Lipinski definition) is 5. The number of amides is 2. The van der Waals surface area contributed by atoms with Crippen LogP contribution in [0.4, 0.5) is 5.69 Å². The molecular weight excluding hydrogens is 306 g/mol. The summed E-state index contributed by atoms with van der Waals surface area (Å²) in [4.78, 5) is 31.8. The van der Waals surface area contributed by atoms with Crippen LogP contribution in [0.25, 0.3) is 0 Å². The van der Waals surface area contributed by atoms with Crippen molar-refractivity contribution in [1.29, 1.82) is 0 Å². The minimum absolute atomic E-state index is 0.418. The van der Waals surface area contributed by atoms with E-state index in [9.17, 15) is 9.59 Å². The SMILES string of the molecule is CN(C)CCNC(=O)C(=O)NCC1CCN(c2ccncc2)CC1. The lowest BCUT2D eigenvalue weighted by Gasteiger charge is -2.33. The summed E-state index contributed by atoms with van der Waals surface area (Å²) in [5.74, 6) is -0.669. The van der Waals surface area contributed by atoms with E-state index in [1.54, 1.807) is 12.4 Å². The number of likely N-dealkylation sites (N-methyl/N-ethyl adjacent to an activating group) is 1. The summed E-state index contributed by atoms with van der Waals surface area (Å²) in [6.45, 7) is 3.67. The van der Waals surface area contributed by atoms with Gasteiger partial charge in [-0.3, -0.25) is 14.6 Å². The number of anilines is 1. The summed E-state index contributed by atoms with van der Waals surface area (Å²) in [6, 6.07) is 4.03. The van der Waals surface area contributed by atoms with Gasteiger partial charge in [-0.05, 0) is 45.0 Å². The van der Waals surface area contributed by atoms with Crippen LogP contribution in [0.3, 0.4) is 0 Å². The van der Waals surface area contributed by atoms with Crippen molar-refractivity contribution in [3.05, 3.63) is 24.5 Å². The summed E-state index contributed by atoms with van der Waals surface area (Å²) in [5.41, 5.74) is 1.19. The molecule has 1 aromatic rings. The summed E-state index contributed by atoms with van der Waals surface area (Å²) < 4.78 is 0. The van der Waals surface area contributed by atoms with Gasteiger partial charge in [-0.1, -0.05) is 0 Å². The van der Waals surface area contributed by atoms with Crippen LogP contribution in [0.15, 0.2) is 24.5 Å². The molecule has 0 radical (unpaired) electrons. The highest BCUT2D eigenvalue weighted by Crippen LogP contribution is 2.22. The largest absolute Gasteiger partial charge is 0.371 e. The summed E-state index contributed by atoms with van der Waals surface area (Å²) in [7, 11) is 3.84. The molecule has 0 spiro atoms. The molecule has 2 heterocycles. The molecule has 7 nitrogen and oxygen atoms in total. The molecule has 1 fully saturated rings. The number of rotatable bonds is 6. The van der Waals surface area contributed by atoms with Crippen molar-refractivity contribution in [2.45, 2.75) is 12.8 Å². The number of nitrogens with one attached hydrogen (secondary N) is 2. The van der Waals surface area contributed by atoms with Gasteiger partial charge in [0.05, 0.1) is 0 Å². The zero-order valence-corrected chi connectivity index (χ0v) is 14.5. The Morgan fingerprint density at radius 1 is 1.17 bits per heavy atom. The first-order valence-corrected chi connectivity index (χ1v) is 8.42. The van der Waals surface area contributed by atoms with Gasteiger partial charge < -0.3 is 20.4 Å². The highest BCUT2D eigenvalue weighted by atomic mass is 16.2. The van der Waals surface area contributed by atoms with E-state index in [-0.39, 0.29) is 0 Å². The molecule has 0 aliphatic carbocycles. The van der Waals surface area contributed by atoms with Crippen LogP contribution in [-0.2, 0) is 9.59 Å². The smallest absolute Gasteiger partial charge is 0.309 e. The fourth-order valence-electron chi connectivity index (χ4n) is 2.74. The summed E-state index contributed by atoms with van der Waals surface area (Å²) >= 11 is 0. The topological polar surface area (TPSA) is 77.6 Å². The van der Waals surface area contributed by atoms with Gasteiger partial charge in [0.2, 0.25) is 0 Å². The molecule has 1 saturated heterocycles. The zero-order chi connectivity index (χ0) is 17.4. The second-order valence-electron chi connectivity index (χ2n) is 6.41. The molecule has 0 bridgehead atoms. The molecule has 7 heteroatoms. The minimum Gasteiger partial charge on any atom is -0.371 e. The van der Waals surface area contributed by atoms with E-state index in [1.165, 1.54) is 5.69 Å². The molecule has 0 aromatic carbocycles. The van der Waals surface area contributed by atoms with Gasteiger partial charge in [-0.25, -0.2) is 0 Å². The lowest BCUT2D eigenvalue weighted by atomic mass is 9.96. The Kier molecular flexibility index (Phi) is 6.99. The van der Waals surface area contributed by atoms with Crippen molar-refractivity contribution in [3.8, 4) is 0 Å². The van der Waals surface area contributed by atoms with Crippen molar-refractivity contribution < 1.29 is 9.59 Å². The Morgan fingerprint density at radius 3 is 2.42 bits per heavy atom. The van der Waals surface area contributed by atoms with Gasteiger partial charge in [0.25, 0.3) is 0 Å². The van der Waals surface area contributed by atoms with E-state index >= 15 is 0 Å². The molecule has 132 valence electrons. The predicted molar refractivity (Wildman–Crippen MR) is 93.7 cm³/mol. The molecule has 0 atom stereocenters. The van der Waals surface area contributed by atoms with E-state index in [4.69, 9.17) is 0 Å². The van der Waals surface area contributed by atoms with Crippen molar-refractivity contribution in [2.24, 2.45) is 5.92 Å². The van der Waals surface area contributed by atoms with Crippen LogP contribution in [0.5, 0.6) is 0 Å². The Morgan fingerprint density at radius 2 is 1.79 bits per heavy atom. The van der Waals surface area contributed by atoms with Crippen molar-refractivity contribution in [2.75, 3.05) is 51.7 Å². The van der Waals surface area contributed by atoms with Crippen LogP contribution in [-0.4, -0.2) is 68.5 Å². The lowest BCUT2D eigenvalue weighted by Crippen LogP contribution is -2.45. The highest BCUT2D eigenvalue weighted by Gasteiger charge is 2.21. The number of carbonyl (C=O) groups excluding carboxylic acids is 2. The molecule has 2 N–H and O–H groups in total. The minimum atomic E-state index is -0.550. The highest BCUT2D eigenvalue weighted by molar-refractivity contribution is 6.35. The van der Waals surface area contributed by atoms with E-state index in [2.05, 4.69) is 20.5 Å². The van der Waals surface area contributed by atoms with E-state index in [1.807, 2.05) is 31.1 Å². The zero-order valence-electron chi connectivity index (χ0n) is 14.5. The molecule has 0 saturated carbocycles. The van der Waals surface area contributed by atoms with E-state index < -0.39 is 11.8 Å². The first kappa shape index (κ1) is 18.2. The lowest BCUT2D eigenvalue weighted by molar-refractivity contribution is -0.139. The van der Waals surface area contributed by atoms with E-state index in [0.717, 1.165) is 25.9 Å². The average molecular weight is 333 g/mol. The number of nitrogens with zero attached hydrogens (tertiary/aromatic N) is 3. The van der Waals surface area contributed by atoms with Crippen LogP contribution >= 0.6 is 0 Å². The second kappa shape index (κ2) is 9.22. The summed E-state index contributed by atoms with van der Waals surface area (Å²) in [5, 5.41) is 5.38. The fraction of sp³-hybridized carbons (Fsp3) is 0.588. The molecular formula is C17H27N5O2. The van der Waals surface area contributed by atoms with Gasteiger partial charge in [-0.15, -0.1) is 0 Å². The van der Waals surface area contributed by atoms with Crippen molar-refractivity contribution in [1.82, 2.24) is 20.5 Å². The number of aromatic nitrogens is 1. The second-order valence-corrected chi connectivity index (χ2v) is 6.41. The summed E-state index contributed by atoms with van der Waals surface area (Å²) in [6.07, 6.45) is 5.61. The monoisotopic (exact) mass is 333 g/mol. The Balaban J connectivity index is 1.65. The Hall–Kier alpha value is -2.15. The average Bonchev–Trinajstić information content (AvgIpc) is 2.60. The van der Waals surface area contributed by atoms with Crippen molar-refractivity contribution >= 4 is 17.5 Å². The van der Waals surface area contributed by atoms with Gasteiger partial charge in [0.15, 0.2) is 0 Å². The third-order valence-electron chi connectivity index (χ3n) is 4.24. The number of pyridine rings is 1. The predicted octanol–water partition coefficient (Wildman–Crippen LogP) is 0.0920. The first-order valence-electron chi connectivity index (χ1n) is 8.42. The molecule has 2 rings (SSSR count). The maximum absolute atomic E-state index is 11.8. The molecule has 1 aliphatic rings.